The van der Waals surface area contributed by atoms with Gasteiger partial charge in [-0.25, -0.2) is 4.99 Å². The van der Waals surface area contributed by atoms with Gasteiger partial charge in [-0.05, 0) is 18.2 Å². The van der Waals surface area contributed by atoms with Crippen molar-refractivity contribution in [3.05, 3.63) is 47.8 Å². The summed E-state index contributed by atoms with van der Waals surface area (Å²) in [5.41, 5.74) is 10.6. The van der Waals surface area contributed by atoms with Crippen LogP contribution in [0.15, 0.2) is 52.8 Å². The molecule has 1 heterocycles. The van der Waals surface area contributed by atoms with Crippen LogP contribution in [0.1, 0.15) is 6.42 Å². The van der Waals surface area contributed by atoms with Crippen molar-refractivity contribution in [3.63, 3.8) is 0 Å². The molecule has 0 radical (unpaired) electrons. The summed E-state index contributed by atoms with van der Waals surface area (Å²) in [5.74, 6) is 0. The Balaban J connectivity index is 2.14. The number of nitrogens with two attached hydrogens (primary N) is 1. The van der Waals surface area contributed by atoms with Crippen LogP contribution < -0.4 is 11.1 Å². The number of hydrogen-bond acceptors (Lipinski definition) is 3. The predicted octanol–water partition coefficient (Wildman–Crippen LogP) is 2.31. The van der Waals surface area contributed by atoms with E-state index in [9.17, 15) is 0 Å². The monoisotopic (exact) mass is 197 g/mol. The number of benzene rings is 1. The zero-order valence-electron chi connectivity index (χ0n) is 8.20. The number of fused-ring (bicyclic) bond motifs is 2. The topological polar surface area (TPSA) is 50.4 Å². The first kappa shape index (κ1) is 8.29. The van der Waals surface area contributed by atoms with Gasteiger partial charge in [0.15, 0.2) is 0 Å². The van der Waals surface area contributed by atoms with E-state index in [1.807, 2.05) is 30.3 Å². The summed E-state index contributed by atoms with van der Waals surface area (Å²) in [6.07, 6.45) is 4.80. The van der Waals surface area contributed by atoms with E-state index in [0.717, 1.165) is 34.9 Å². The Labute approximate surface area is 88.0 Å². The Kier molecular flexibility index (Phi) is 1.65. The smallest absolute Gasteiger partial charge is 0.0886 e. The van der Waals surface area contributed by atoms with Crippen molar-refractivity contribution >= 4 is 17.1 Å². The number of para-hydroxylation sites is 2. The van der Waals surface area contributed by atoms with E-state index in [1.54, 1.807) is 0 Å². The highest BCUT2D eigenvalue weighted by atomic mass is 15.0. The van der Waals surface area contributed by atoms with E-state index in [2.05, 4.69) is 16.4 Å². The van der Waals surface area contributed by atoms with Gasteiger partial charge in [-0.15, -0.1) is 0 Å². The van der Waals surface area contributed by atoms with Gasteiger partial charge in [0.25, 0.3) is 0 Å². The van der Waals surface area contributed by atoms with Gasteiger partial charge in [0.2, 0.25) is 0 Å². The van der Waals surface area contributed by atoms with Crippen LogP contribution in [0.2, 0.25) is 0 Å². The average Bonchev–Trinajstić information content (AvgIpc) is 2.26. The van der Waals surface area contributed by atoms with Crippen LogP contribution in [0.5, 0.6) is 0 Å². The van der Waals surface area contributed by atoms with Gasteiger partial charge in [0, 0.05) is 12.1 Å². The third-order valence-corrected chi connectivity index (χ3v) is 2.55. The molecule has 15 heavy (non-hydrogen) atoms. The lowest BCUT2D eigenvalue weighted by molar-refractivity contribution is 1.14. The van der Waals surface area contributed by atoms with Gasteiger partial charge in [-0.2, -0.15) is 0 Å². The molecule has 0 unspecified atom stereocenters. The molecule has 0 fully saturated rings. The second kappa shape index (κ2) is 2.98. The van der Waals surface area contributed by atoms with E-state index in [0.29, 0.717) is 0 Å². The molecule has 74 valence electrons. The third kappa shape index (κ3) is 1.32. The number of anilines is 1. The second-order valence-corrected chi connectivity index (χ2v) is 3.68. The Morgan fingerprint density at radius 3 is 3.07 bits per heavy atom. The minimum atomic E-state index is 0.795. The number of nitrogens with zero attached hydrogens (tertiary/aromatic N) is 1. The number of allylic oxidation sites excluding steroid dienone is 2. The van der Waals surface area contributed by atoms with Gasteiger partial charge in [0.05, 0.1) is 22.8 Å². The van der Waals surface area contributed by atoms with Gasteiger partial charge in [0.1, 0.15) is 0 Å². The molecule has 1 aliphatic heterocycles. The highest BCUT2D eigenvalue weighted by Crippen LogP contribution is 2.32. The highest BCUT2D eigenvalue weighted by molar-refractivity contribution is 6.14. The fourth-order valence-electron chi connectivity index (χ4n) is 1.80. The van der Waals surface area contributed by atoms with Crippen molar-refractivity contribution in [1.29, 1.82) is 0 Å². The Morgan fingerprint density at radius 2 is 2.13 bits per heavy atom. The van der Waals surface area contributed by atoms with Crippen LogP contribution in [0, 0.1) is 0 Å². The highest BCUT2D eigenvalue weighted by Gasteiger charge is 2.16. The molecule has 1 aliphatic carbocycles. The minimum absolute atomic E-state index is 0.795. The van der Waals surface area contributed by atoms with Crippen LogP contribution >= 0.6 is 0 Å². The molecule has 3 nitrogen and oxygen atoms in total. The molecule has 1 aromatic carbocycles. The lowest BCUT2D eigenvalue weighted by atomic mass is 10.0. The maximum atomic E-state index is 5.77. The second-order valence-electron chi connectivity index (χ2n) is 3.68. The van der Waals surface area contributed by atoms with Crippen LogP contribution in [0.3, 0.4) is 0 Å². The maximum absolute atomic E-state index is 5.77. The Bertz CT molecular complexity index is 509. The molecule has 3 heteroatoms. The molecule has 0 saturated heterocycles. The lowest BCUT2D eigenvalue weighted by Crippen LogP contribution is -2.18. The van der Waals surface area contributed by atoms with Crippen LogP contribution in [-0.4, -0.2) is 5.71 Å². The zero-order chi connectivity index (χ0) is 10.3. The molecule has 1 aromatic rings. The molecule has 0 saturated carbocycles. The molecule has 0 atom stereocenters. The van der Waals surface area contributed by atoms with Gasteiger partial charge < -0.3 is 11.1 Å². The quantitative estimate of drug-likeness (QED) is 0.670. The molecule has 0 aromatic heterocycles. The summed E-state index contributed by atoms with van der Waals surface area (Å²) in [6, 6.07) is 8.00. The summed E-state index contributed by atoms with van der Waals surface area (Å²) in [4.78, 5) is 4.55. The summed E-state index contributed by atoms with van der Waals surface area (Å²) >= 11 is 0. The molecule has 0 amide bonds. The number of aliphatic imine (C=N–C) groups is 1. The van der Waals surface area contributed by atoms with Crippen molar-refractivity contribution in [2.45, 2.75) is 6.42 Å². The third-order valence-electron chi connectivity index (χ3n) is 2.55. The molecular weight excluding hydrogens is 186 g/mol. The van der Waals surface area contributed by atoms with Crippen LogP contribution in [-0.2, 0) is 0 Å². The maximum Gasteiger partial charge on any atom is 0.0886 e. The van der Waals surface area contributed by atoms with Gasteiger partial charge in [-0.3, -0.25) is 0 Å². The van der Waals surface area contributed by atoms with Crippen LogP contribution in [0.4, 0.5) is 11.4 Å². The number of rotatable bonds is 0. The zero-order valence-corrected chi connectivity index (χ0v) is 8.20. The van der Waals surface area contributed by atoms with Crippen molar-refractivity contribution in [3.8, 4) is 0 Å². The minimum Gasteiger partial charge on any atom is -0.402 e. The first-order valence-corrected chi connectivity index (χ1v) is 4.94. The molecule has 0 bridgehead atoms. The van der Waals surface area contributed by atoms with E-state index >= 15 is 0 Å². The Hall–Kier alpha value is -2.03. The number of hydrogen-bond donors (Lipinski definition) is 2. The van der Waals surface area contributed by atoms with E-state index < -0.39 is 0 Å². The molecule has 2 aliphatic rings. The fraction of sp³-hybridized carbons (Fsp3) is 0.0833. The largest absolute Gasteiger partial charge is 0.402 e. The first-order valence-electron chi connectivity index (χ1n) is 4.94. The number of nitrogens with one attached hydrogen (secondary N) is 1. The Morgan fingerprint density at radius 1 is 1.27 bits per heavy atom. The van der Waals surface area contributed by atoms with E-state index in [1.165, 1.54) is 0 Å². The lowest BCUT2D eigenvalue weighted by Gasteiger charge is -2.21. The fourth-order valence-corrected chi connectivity index (χ4v) is 1.80. The summed E-state index contributed by atoms with van der Waals surface area (Å²) in [6.45, 7) is 0. The first-order chi connectivity index (χ1) is 7.33. The average molecular weight is 197 g/mol. The summed E-state index contributed by atoms with van der Waals surface area (Å²) in [7, 11) is 0. The van der Waals surface area contributed by atoms with E-state index in [-0.39, 0.29) is 0 Å². The van der Waals surface area contributed by atoms with Gasteiger partial charge in [-0.1, -0.05) is 18.2 Å². The van der Waals surface area contributed by atoms with Crippen LogP contribution in [0.25, 0.3) is 0 Å². The van der Waals surface area contributed by atoms with Crippen molar-refractivity contribution in [2.75, 3.05) is 5.32 Å². The predicted molar refractivity (Wildman–Crippen MR) is 62.1 cm³/mol. The van der Waals surface area contributed by atoms with Gasteiger partial charge >= 0.3 is 0 Å². The SMILES string of the molecule is NC1=CC2=Nc3ccccc3NC2=CC1. The summed E-state index contributed by atoms with van der Waals surface area (Å²) < 4.78 is 0. The summed E-state index contributed by atoms with van der Waals surface area (Å²) in [5, 5.41) is 3.35. The standard InChI is InChI=1S/C12H11N3/c13-8-5-6-11-12(7-8)15-10-4-2-1-3-9(10)14-11/h1-4,6-7,14H,5,13H2. The van der Waals surface area contributed by atoms with Crippen molar-refractivity contribution < 1.29 is 0 Å². The van der Waals surface area contributed by atoms with E-state index in [4.69, 9.17) is 5.73 Å². The molecular formula is C12H11N3. The normalized spacial score (nSPS) is 17.7. The van der Waals surface area contributed by atoms with Crippen molar-refractivity contribution in [1.82, 2.24) is 0 Å². The van der Waals surface area contributed by atoms with Crippen molar-refractivity contribution in [2.24, 2.45) is 10.7 Å². The molecule has 3 N–H and O–H groups in total. The molecule has 0 spiro atoms. The molecule has 3 rings (SSSR count).